The number of rotatable bonds is 5. The average Bonchev–Trinajstić information content (AvgIpc) is 2.55. The van der Waals surface area contributed by atoms with E-state index in [1.807, 2.05) is 37.1 Å². The molecule has 1 atom stereocenters. The molecule has 1 N–H and O–H groups in total. The third-order valence-corrected chi connectivity index (χ3v) is 4.90. The number of thioether (sulfide) groups is 1. The number of benzene rings is 1. The molecule has 5 heteroatoms. The maximum absolute atomic E-state index is 12.5. The van der Waals surface area contributed by atoms with Crippen molar-refractivity contribution in [2.45, 2.75) is 44.0 Å². The summed E-state index contributed by atoms with van der Waals surface area (Å²) in [5, 5.41) is 3.05. The first-order valence-corrected chi connectivity index (χ1v) is 9.43. The van der Waals surface area contributed by atoms with Gasteiger partial charge in [-0.05, 0) is 36.8 Å². The molecule has 0 saturated carbocycles. The average molecular weight is 334 g/mol. The van der Waals surface area contributed by atoms with Gasteiger partial charge in [-0.15, -0.1) is 11.8 Å². The molecule has 0 aromatic heterocycles. The van der Waals surface area contributed by atoms with E-state index in [0.29, 0.717) is 13.0 Å². The highest BCUT2D eigenvalue weighted by Crippen LogP contribution is 2.17. The summed E-state index contributed by atoms with van der Waals surface area (Å²) in [5.41, 5.74) is 1.04. The molecule has 2 rings (SSSR count). The highest BCUT2D eigenvalue weighted by molar-refractivity contribution is 7.98. The summed E-state index contributed by atoms with van der Waals surface area (Å²) >= 11 is 1.70. The summed E-state index contributed by atoms with van der Waals surface area (Å²) in [6.07, 6.45) is 4.36. The highest BCUT2D eigenvalue weighted by atomic mass is 32.2. The van der Waals surface area contributed by atoms with Crippen LogP contribution in [0.1, 0.15) is 32.3 Å². The van der Waals surface area contributed by atoms with E-state index in [1.165, 1.54) is 4.90 Å². The molecule has 1 heterocycles. The minimum Gasteiger partial charge on any atom is -0.351 e. The second-order valence-electron chi connectivity index (χ2n) is 6.37. The number of piperidine rings is 1. The zero-order valence-electron chi connectivity index (χ0n) is 14.2. The summed E-state index contributed by atoms with van der Waals surface area (Å²) in [7, 11) is 0. The Kier molecular flexibility index (Phi) is 6.51. The van der Waals surface area contributed by atoms with E-state index in [4.69, 9.17) is 0 Å². The Morgan fingerprint density at radius 3 is 2.61 bits per heavy atom. The van der Waals surface area contributed by atoms with Gasteiger partial charge in [0.05, 0.1) is 6.42 Å². The van der Waals surface area contributed by atoms with Crippen molar-refractivity contribution in [1.82, 2.24) is 10.2 Å². The lowest BCUT2D eigenvalue weighted by Gasteiger charge is -2.33. The monoisotopic (exact) mass is 334 g/mol. The maximum Gasteiger partial charge on any atom is 0.227 e. The summed E-state index contributed by atoms with van der Waals surface area (Å²) in [5.74, 6) is 0.193. The van der Waals surface area contributed by atoms with Crippen LogP contribution in [0.3, 0.4) is 0 Å². The molecule has 1 aliphatic rings. The Morgan fingerprint density at radius 2 is 2.00 bits per heavy atom. The number of nitrogens with one attached hydrogen (secondary N) is 1. The Balaban J connectivity index is 1.89. The van der Waals surface area contributed by atoms with Crippen LogP contribution in [0.5, 0.6) is 0 Å². The first-order valence-electron chi connectivity index (χ1n) is 8.20. The number of carbonyl (C=O) groups is 2. The molecular formula is C18H26N2O2S. The minimum absolute atomic E-state index is 0.0176. The fourth-order valence-corrected chi connectivity index (χ4v) is 3.13. The zero-order chi connectivity index (χ0) is 16.8. The number of carbonyl (C=O) groups excluding carboxylic acids is 2. The number of hydrogen-bond donors (Lipinski definition) is 1. The van der Waals surface area contributed by atoms with Gasteiger partial charge in [0.2, 0.25) is 11.8 Å². The van der Waals surface area contributed by atoms with Crippen LogP contribution < -0.4 is 5.32 Å². The second-order valence-corrected chi connectivity index (χ2v) is 7.25. The maximum atomic E-state index is 12.5. The van der Waals surface area contributed by atoms with E-state index < -0.39 is 0 Å². The van der Waals surface area contributed by atoms with Crippen LogP contribution in [-0.4, -0.2) is 42.1 Å². The quantitative estimate of drug-likeness (QED) is 0.842. The van der Waals surface area contributed by atoms with Gasteiger partial charge in [-0.1, -0.05) is 26.0 Å². The van der Waals surface area contributed by atoms with Gasteiger partial charge >= 0.3 is 0 Å². The van der Waals surface area contributed by atoms with Gasteiger partial charge in [0.1, 0.15) is 0 Å². The first-order chi connectivity index (χ1) is 11.0. The molecule has 1 aromatic carbocycles. The summed E-state index contributed by atoms with van der Waals surface area (Å²) in [6.45, 7) is 5.19. The van der Waals surface area contributed by atoms with Crippen LogP contribution in [0.25, 0.3) is 0 Å². The van der Waals surface area contributed by atoms with E-state index in [2.05, 4.69) is 17.4 Å². The fourth-order valence-electron chi connectivity index (χ4n) is 2.72. The number of hydrogen-bond acceptors (Lipinski definition) is 3. The number of likely N-dealkylation sites (tertiary alicyclic amines) is 1. The van der Waals surface area contributed by atoms with Crippen LogP contribution >= 0.6 is 11.8 Å². The SMILES string of the molecule is CSc1ccc(CC(=O)N2CCCC(NC(=O)C(C)C)C2)cc1. The lowest BCUT2D eigenvalue weighted by Crippen LogP contribution is -2.50. The first kappa shape index (κ1) is 17.9. The van der Waals surface area contributed by atoms with Gasteiger partial charge in [-0.3, -0.25) is 9.59 Å². The molecule has 1 aromatic rings. The van der Waals surface area contributed by atoms with E-state index in [0.717, 1.165) is 24.9 Å². The molecule has 1 fully saturated rings. The predicted octanol–water partition coefficient (Wildman–Crippen LogP) is 2.71. The number of amides is 2. The van der Waals surface area contributed by atoms with Crippen LogP contribution in [0.4, 0.5) is 0 Å². The molecule has 0 radical (unpaired) electrons. The lowest BCUT2D eigenvalue weighted by atomic mass is 10.0. The van der Waals surface area contributed by atoms with Crippen molar-refractivity contribution < 1.29 is 9.59 Å². The molecule has 0 spiro atoms. The number of nitrogens with zero attached hydrogens (tertiary/aromatic N) is 1. The molecule has 2 amide bonds. The molecule has 4 nitrogen and oxygen atoms in total. The van der Waals surface area contributed by atoms with Gasteiger partial charge in [-0.25, -0.2) is 0 Å². The van der Waals surface area contributed by atoms with Gasteiger partial charge in [0, 0.05) is 29.9 Å². The van der Waals surface area contributed by atoms with E-state index in [9.17, 15) is 9.59 Å². The van der Waals surface area contributed by atoms with Crippen LogP contribution in [0, 0.1) is 5.92 Å². The summed E-state index contributed by atoms with van der Waals surface area (Å²) in [6, 6.07) is 8.23. The smallest absolute Gasteiger partial charge is 0.227 e. The Bertz CT molecular complexity index is 542. The van der Waals surface area contributed by atoms with Crippen molar-refractivity contribution in [3.8, 4) is 0 Å². The topological polar surface area (TPSA) is 49.4 Å². The van der Waals surface area contributed by atoms with E-state index in [-0.39, 0.29) is 23.8 Å². The molecule has 126 valence electrons. The van der Waals surface area contributed by atoms with Crippen molar-refractivity contribution in [3.05, 3.63) is 29.8 Å². The fraction of sp³-hybridized carbons (Fsp3) is 0.556. The van der Waals surface area contributed by atoms with Crippen molar-refractivity contribution in [2.24, 2.45) is 5.92 Å². The van der Waals surface area contributed by atoms with E-state index in [1.54, 1.807) is 11.8 Å². The van der Waals surface area contributed by atoms with Crippen molar-refractivity contribution in [3.63, 3.8) is 0 Å². The Hall–Kier alpha value is -1.49. The van der Waals surface area contributed by atoms with Crippen LogP contribution in [-0.2, 0) is 16.0 Å². The molecule has 1 saturated heterocycles. The third kappa shape index (κ3) is 5.27. The molecular weight excluding hydrogens is 308 g/mol. The largest absolute Gasteiger partial charge is 0.351 e. The summed E-state index contributed by atoms with van der Waals surface area (Å²) in [4.78, 5) is 27.4. The standard InChI is InChI=1S/C18H26N2O2S/c1-13(2)18(22)19-15-5-4-10-20(12-15)17(21)11-14-6-8-16(23-3)9-7-14/h6-9,13,15H,4-5,10-12H2,1-3H3,(H,19,22). The van der Waals surface area contributed by atoms with Crippen molar-refractivity contribution in [2.75, 3.05) is 19.3 Å². The Morgan fingerprint density at radius 1 is 1.30 bits per heavy atom. The molecule has 1 aliphatic heterocycles. The Labute approximate surface area is 143 Å². The molecule has 1 unspecified atom stereocenters. The molecule has 0 bridgehead atoms. The van der Waals surface area contributed by atoms with Gasteiger partial charge in [0.15, 0.2) is 0 Å². The minimum atomic E-state index is -0.0176. The van der Waals surface area contributed by atoms with Crippen molar-refractivity contribution >= 4 is 23.6 Å². The van der Waals surface area contributed by atoms with E-state index >= 15 is 0 Å². The van der Waals surface area contributed by atoms with Crippen LogP contribution in [0.2, 0.25) is 0 Å². The van der Waals surface area contributed by atoms with Gasteiger partial charge < -0.3 is 10.2 Å². The lowest BCUT2D eigenvalue weighted by molar-refractivity contribution is -0.133. The molecule has 23 heavy (non-hydrogen) atoms. The second kappa shape index (κ2) is 8.39. The van der Waals surface area contributed by atoms with Gasteiger partial charge in [0.25, 0.3) is 0 Å². The van der Waals surface area contributed by atoms with Gasteiger partial charge in [-0.2, -0.15) is 0 Å². The predicted molar refractivity (Wildman–Crippen MR) is 94.5 cm³/mol. The van der Waals surface area contributed by atoms with Crippen LogP contribution in [0.15, 0.2) is 29.2 Å². The normalized spacial score (nSPS) is 18.1. The van der Waals surface area contributed by atoms with Crippen molar-refractivity contribution in [1.29, 1.82) is 0 Å². The molecule has 0 aliphatic carbocycles. The summed E-state index contributed by atoms with van der Waals surface area (Å²) < 4.78 is 0. The zero-order valence-corrected chi connectivity index (χ0v) is 15.0. The third-order valence-electron chi connectivity index (χ3n) is 4.16. The highest BCUT2D eigenvalue weighted by Gasteiger charge is 2.25.